The molecular weight excluding hydrogens is 640 g/mol. The fourth-order valence-corrected chi connectivity index (χ4v) is 7.35. The van der Waals surface area contributed by atoms with Crippen molar-refractivity contribution in [3.8, 4) is 0 Å². The van der Waals surface area contributed by atoms with E-state index in [1.165, 1.54) is 0 Å². The van der Waals surface area contributed by atoms with E-state index in [0.29, 0.717) is 13.0 Å². The molecule has 0 atom stereocenters. The van der Waals surface area contributed by atoms with E-state index in [4.69, 9.17) is 4.74 Å². The molecule has 0 aliphatic carbocycles. The van der Waals surface area contributed by atoms with Crippen molar-refractivity contribution < 1.29 is 14.3 Å². The van der Waals surface area contributed by atoms with Crippen molar-refractivity contribution in [2.75, 3.05) is 6.61 Å². The number of Topliss-reactive ketones (excluding diaryl/α,β-unsaturated/α-hetero) is 1. The number of nitrogens with one attached hydrogen (secondary N) is 1. The lowest BCUT2D eigenvalue weighted by Gasteiger charge is -2.39. The Morgan fingerprint density at radius 3 is 1.70 bits per heavy atom. The van der Waals surface area contributed by atoms with E-state index in [9.17, 15) is 9.59 Å². The second-order valence-electron chi connectivity index (χ2n) is 13.7. The number of ketones is 1. The Kier molecular flexibility index (Phi) is 11.9. The minimum Gasteiger partial charge on any atom is -0.375 e. The first-order valence-electron chi connectivity index (χ1n) is 12.2. The molecule has 0 aromatic rings. The highest BCUT2D eigenvalue weighted by Gasteiger charge is 2.41. The smallest absolute Gasteiger partial charge is 0.226 e. The minimum atomic E-state index is -0.638. The van der Waals surface area contributed by atoms with Crippen molar-refractivity contribution in [3.05, 3.63) is 0 Å². The van der Waals surface area contributed by atoms with Crippen LogP contribution in [0.3, 0.4) is 0 Å². The predicted octanol–water partition coefficient (Wildman–Crippen LogP) is 8.13. The molecule has 33 heavy (non-hydrogen) atoms. The van der Waals surface area contributed by atoms with Gasteiger partial charge in [0.25, 0.3) is 0 Å². The quantitative estimate of drug-likeness (QED) is 0.148. The summed E-state index contributed by atoms with van der Waals surface area (Å²) < 4.78 is 6.55. The molecular formula is C27H51I2NO3. The fraction of sp³-hybridized carbons (Fsp3) is 0.926. The summed E-state index contributed by atoms with van der Waals surface area (Å²) in [5, 5.41) is 3.22. The normalized spacial score (nSPS) is 14.5. The Morgan fingerprint density at radius 1 is 0.788 bits per heavy atom. The third-order valence-corrected chi connectivity index (χ3v) is 6.82. The van der Waals surface area contributed by atoms with E-state index in [1.54, 1.807) is 0 Å². The van der Waals surface area contributed by atoms with E-state index < -0.39 is 16.4 Å². The number of alkyl halides is 2. The van der Waals surface area contributed by atoms with Gasteiger partial charge in [-0.2, -0.15) is 0 Å². The van der Waals surface area contributed by atoms with Crippen molar-refractivity contribution in [3.63, 3.8) is 0 Å². The monoisotopic (exact) mass is 691 g/mol. The van der Waals surface area contributed by atoms with Crippen molar-refractivity contribution in [1.82, 2.24) is 5.32 Å². The Morgan fingerprint density at radius 2 is 1.27 bits per heavy atom. The second-order valence-corrected chi connectivity index (χ2v) is 20.6. The SMILES string of the molecule is CC(C)C(=O)C(C)(C)CC(C)(C)C(=O)NC(C)(C)CCOC(C)(C)CC(C)(C)CC(C)(I)I. The van der Waals surface area contributed by atoms with E-state index in [0.717, 1.165) is 19.3 Å². The summed E-state index contributed by atoms with van der Waals surface area (Å²) in [5.41, 5.74) is -1.63. The van der Waals surface area contributed by atoms with Gasteiger partial charge in [-0.1, -0.05) is 101 Å². The number of hydrogen-bond acceptors (Lipinski definition) is 3. The molecule has 0 aromatic heterocycles. The van der Waals surface area contributed by atoms with Crippen molar-refractivity contribution >= 4 is 56.9 Å². The molecule has 1 N–H and O–H groups in total. The van der Waals surface area contributed by atoms with Crippen LogP contribution < -0.4 is 5.32 Å². The molecule has 196 valence electrons. The van der Waals surface area contributed by atoms with Crippen LogP contribution >= 0.6 is 45.2 Å². The average molecular weight is 692 g/mol. The molecule has 0 saturated heterocycles. The van der Waals surface area contributed by atoms with Crippen LogP contribution in [0.2, 0.25) is 0 Å². The Labute approximate surface area is 232 Å². The largest absolute Gasteiger partial charge is 0.375 e. The van der Waals surface area contributed by atoms with Crippen LogP contribution in [0.4, 0.5) is 0 Å². The standard InChI is InChI=1S/C27H51I2NO3/c1-19(2)20(31)23(5,6)18-24(7,8)21(32)30-25(9,10)14-15-33-26(11,12)16-22(3,4)17-27(13,28)29/h19H,14-18H2,1-13H3,(H,30,32). The molecule has 6 heteroatoms. The van der Waals surface area contributed by atoms with Gasteiger partial charge in [-0.15, -0.1) is 0 Å². The van der Waals surface area contributed by atoms with E-state index >= 15 is 0 Å². The van der Waals surface area contributed by atoms with Gasteiger partial charge in [0.05, 0.1) is 7.03 Å². The van der Waals surface area contributed by atoms with Gasteiger partial charge >= 0.3 is 0 Å². The zero-order valence-electron chi connectivity index (χ0n) is 23.6. The van der Waals surface area contributed by atoms with Gasteiger partial charge in [0.1, 0.15) is 5.78 Å². The summed E-state index contributed by atoms with van der Waals surface area (Å²) in [7, 11) is 0. The van der Waals surface area contributed by atoms with Gasteiger partial charge in [-0.3, -0.25) is 9.59 Å². The molecule has 0 heterocycles. The molecule has 0 unspecified atom stereocenters. The first-order valence-corrected chi connectivity index (χ1v) is 14.4. The summed E-state index contributed by atoms with van der Waals surface area (Å²) in [6.07, 6.45) is 3.33. The van der Waals surface area contributed by atoms with Crippen LogP contribution in [0.5, 0.6) is 0 Å². The Bertz CT molecular complexity index is 671. The summed E-state index contributed by atoms with van der Waals surface area (Å²) in [6, 6.07) is 0. The predicted molar refractivity (Wildman–Crippen MR) is 158 cm³/mol. The maximum atomic E-state index is 13.2. The average Bonchev–Trinajstić information content (AvgIpc) is 2.47. The molecule has 0 bridgehead atoms. The first kappa shape index (κ1) is 33.6. The molecule has 4 nitrogen and oxygen atoms in total. The van der Waals surface area contributed by atoms with Crippen LogP contribution in [0.25, 0.3) is 0 Å². The number of halogens is 2. The highest BCUT2D eigenvalue weighted by Crippen LogP contribution is 2.43. The summed E-state index contributed by atoms with van der Waals surface area (Å²) in [6.45, 7) is 27.5. The van der Waals surface area contributed by atoms with E-state index in [-0.39, 0.29) is 30.1 Å². The number of hydrogen-bond donors (Lipinski definition) is 1. The third-order valence-electron chi connectivity index (χ3n) is 6.05. The number of carbonyl (C=O) groups is 2. The van der Waals surface area contributed by atoms with Gasteiger partial charge in [0, 0.05) is 28.9 Å². The van der Waals surface area contributed by atoms with Crippen LogP contribution in [0, 0.1) is 22.2 Å². The van der Waals surface area contributed by atoms with Gasteiger partial charge in [0.2, 0.25) is 5.91 Å². The third kappa shape index (κ3) is 13.4. The molecule has 0 spiro atoms. The molecule has 0 rings (SSSR count). The second kappa shape index (κ2) is 11.7. The van der Waals surface area contributed by atoms with Gasteiger partial charge in [0.15, 0.2) is 0 Å². The number of rotatable bonds is 14. The highest BCUT2D eigenvalue weighted by atomic mass is 127. The molecule has 0 aliphatic rings. The summed E-state index contributed by atoms with van der Waals surface area (Å²) in [5.74, 6) is 0.149. The minimum absolute atomic E-state index is 0.0131. The van der Waals surface area contributed by atoms with Crippen molar-refractivity contribution in [2.45, 2.75) is 128 Å². The molecule has 0 aromatic carbocycles. The molecule has 0 saturated carbocycles. The van der Waals surface area contributed by atoms with E-state index in [1.807, 2.05) is 55.4 Å². The van der Waals surface area contributed by atoms with Gasteiger partial charge in [-0.25, -0.2) is 0 Å². The zero-order valence-corrected chi connectivity index (χ0v) is 27.9. The number of carbonyl (C=O) groups excluding carboxylic acids is 2. The van der Waals surface area contributed by atoms with Crippen molar-refractivity contribution in [2.24, 2.45) is 22.2 Å². The molecule has 0 fully saturated rings. The van der Waals surface area contributed by atoms with Gasteiger partial charge < -0.3 is 10.1 Å². The molecule has 1 amide bonds. The lowest BCUT2D eigenvalue weighted by Crippen LogP contribution is -2.51. The lowest BCUT2D eigenvalue weighted by atomic mass is 9.70. The van der Waals surface area contributed by atoms with Crippen LogP contribution in [-0.2, 0) is 14.3 Å². The highest BCUT2D eigenvalue weighted by molar-refractivity contribution is 14.2. The van der Waals surface area contributed by atoms with Crippen molar-refractivity contribution in [1.29, 1.82) is 0 Å². The Balaban J connectivity index is 4.96. The lowest BCUT2D eigenvalue weighted by molar-refractivity contribution is -0.137. The maximum absolute atomic E-state index is 13.2. The Hall–Kier alpha value is 0.560. The molecule has 0 aliphatic heterocycles. The summed E-state index contributed by atoms with van der Waals surface area (Å²) in [4.78, 5) is 25.8. The van der Waals surface area contributed by atoms with E-state index in [2.05, 4.69) is 85.1 Å². The number of ether oxygens (including phenoxy) is 1. The molecule has 0 radical (unpaired) electrons. The zero-order chi connectivity index (χ0) is 26.7. The van der Waals surface area contributed by atoms with Crippen LogP contribution in [0.15, 0.2) is 0 Å². The van der Waals surface area contributed by atoms with Crippen LogP contribution in [0.1, 0.15) is 116 Å². The first-order chi connectivity index (χ1) is 14.3. The summed E-state index contributed by atoms with van der Waals surface area (Å²) >= 11 is 5.02. The fourth-order valence-electron chi connectivity index (χ4n) is 5.28. The maximum Gasteiger partial charge on any atom is 0.226 e. The number of amides is 1. The topological polar surface area (TPSA) is 55.4 Å². The van der Waals surface area contributed by atoms with Gasteiger partial charge in [-0.05, 0) is 65.7 Å². The van der Waals surface area contributed by atoms with Crippen LogP contribution in [-0.4, -0.2) is 30.9 Å².